The van der Waals surface area contributed by atoms with E-state index in [1.165, 1.54) is 17.8 Å². The summed E-state index contributed by atoms with van der Waals surface area (Å²) < 4.78 is 26.8. The van der Waals surface area contributed by atoms with Gasteiger partial charge in [0.2, 0.25) is 0 Å². The molecule has 0 atom stereocenters. The van der Waals surface area contributed by atoms with E-state index >= 15 is 0 Å². The highest BCUT2D eigenvalue weighted by Crippen LogP contribution is 2.34. The fraction of sp³-hybridized carbons (Fsp3) is 0.300. The number of halogens is 3. The molecular weight excluding hydrogens is 302 g/mol. The van der Waals surface area contributed by atoms with Crippen LogP contribution in [0.15, 0.2) is 27.6 Å². The van der Waals surface area contributed by atoms with Gasteiger partial charge in [0, 0.05) is 14.9 Å². The van der Waals surface area contributed by atoms with Gasteiger partial charge in [-0.25, -0.2) is 4.79 Å². The maximum Gasteiger partial charge on any atom is 0.379 e. The lowest BCUT2D eigenvalue weighted by Gasteiger charge is -2.12. The molecule has 0 aliphatic rings. The monoisotopic (exact) mass is 310 g/mol. The summed E-state index contributed by atoms with van der Waals surface area (Å²) in [4.78, 5) is 11.2. The van der Waals surface area contributed by atoms with Crippen molar-refractivity contribution in [2.75, 3.05) is 5.75 Å². The molecule has 0 saturated carbocycles. The Hall–Kier alpha value is -0.620. The molecule has 1 N–H and O–H groups in total. The van der Waals surface area contributed by atoms with Gasteiger partial charge in [0.1, 0.15) is 0 Å². The number of aliphatic carboxylic acids is 1. The highest BCUT2D eigenvalue weighted by atomic mass is 79.9. The van der Waals surface area contributed by atoms with Crippen molar-refractivity contribution in [1.82, 2.24) is 0 Å². The van der Waals surface area contributed by atoms with Crippen LogP contribution in [0.1, 0.15) is 12.5 Å². The summed E-state index contributed by atoms with van der Waals surface area (Å²) in [6, 6.07) is 3.77. The minimum absolute atomic E-state index is 0.484. The summed E-state index contributed by atoms with van der Waals surface area (Å²) in [7, 11) is 0. The Balaban J connectivity index is 3.10. The Labute approximate surface area is 104 Å². The van der Waals surface area contributed by atoms with E-state index in [0.717, 1.165) is 22.8 Å². The highest BCUT2D eigenvalue weighted by Gasteiger charge is 2.41. The van der Waals surface area contributed by atoms with Crippen LogP contribution >= 0.6 is 27.7 Å². The molecule has 0 heterocycles. The van der Waals surface area contributed by atoms with Crippen LogP contribution < -0.4 is 0 Å². The first kappa shape index (κ1) is 13.4. The molecule has 16 heavy (non-hydrogen) atoms. The van der Waals surface area contributed by atoms with Crippen molar-refractivity contribution in [3.63, 3.8) is 0 Å². The zero-order valence-corrected chi connectivity index (χ0v) is 10.7. The predicted octanol–water partition coefficient (Wildman–Crippen LogP) is 3.74. The zero-order chi connectivity index (χ0) is 12.3. The predicted molar refractivity (Wildman–Crippen MR) is 62.1 cm³/mol. The van der Waals surface area contributed by atoms with Gasteiger partial charge in [0.15, 0.2) is 0 Å². The first-order valence-corrected chi connectivity index (χ1v) is 6.21. The standard InChI is InChI=1S/C10H9BrF2O2S/c1-2-16-8-4-3-6(5-7(8)11)10(12,13)9(14)15/h3-5H,2H2,1H3,(H,14,15). The van der Waals surface area contributed by atoms with Gasteiger partial charge in [-0.15, -0.1) is 11.8 Å². The van der Waals surface area contributed by atoms with Crippen LogP contribution in [0.4, 0.5) is 8.78 Å². The number of hydrogen-bond acceptors (Lipinski definition) is 2. The molecule has 0 unspecified atom stereocenters. The number of carboxylic acid groups (broad SMARTS) is 1. The summed E-state index contributed by atoms with van der Waals surface area (Å²) in [5.41, 5.74) is -0.521. The summed E-state index contributed by atoms with van der Waals surface area (Å²) >= 11 is 4.63. The zero-order valence-electron chi connectivity index (χ0n) is 8.34. The molecule has 0 fully saturated rings. The van der Waals surface area contributed by atoms with Crippen LogP contribution in [-0.2, 0) is 10.7 Å². The van der Waals surface area contributed by atoms with E-state index in [9.17, 15) is 13.6 Å². The Morgan fingerprint density at radius 1 is 1.56 bits per heavy atom. The molecule has 1 aromatic rings. The van der Waals surface area contributed by atoms with Gasteiger partial charge in [0.25, 0.3) is 0 Å². The molecule has 0 aliphatic carbocycles. The molecule has 1 rings (SSSR count). The van der Waals surface area contributed by atoms with E-state index in [0.29, 0.717) is 4.47 Å². The first-order valence-electron chi connectivity index (χ1n) is 4.43. The third kappa shape index (κ3) is 2.74. The minimum Gasteiger partial charge on any atom is -0.477 e. The third-order valence-electron chi connectivity index (χ3n) is 1.86. The van der Waals surface area contributed by atoms with Crippen LogP contribution in [0.25, 0.3) is 0 Å². The van der Waals surface area contributed by atoms with E-state index in [2.05, 4.69) is 15.9 Å². The quantitative estimate of drug-likeness (QED) is 0.861. The Morgan fingerprint density at radius 3 is 2.62 bits per heavy atom. The van der Waals surface area contributed by atoms with Gasteiger partial charge in [-0.05, 0) is 33.8 Å². The summed E-state index contributed by atoms with van der Waals surface area (Å²) in [6.07, 6.45) is 0. The number of carboxylic acids is 1. The summed E-state index contributed by atoms with van der Waals surface area (Å²) in [6.45, 7) is 1.94. The van der Waals surface area contributed by atoms with E-state index in [4.69, 9.17) is 5.11 Å². The van der Waals surface area contributed by atoms with Crippen molar-refractivity contribution in [2.24, 2.45) is 0 Å². The minimum atomic E-state index is -3.85. The molecule has 88 valence electrons. The molecule has 0 spiro atoms. The Bertz CT molecular complexity index is 410. The number of benzene rings is 1. The van der Waals surface area contributed by atoms with Crippen molar-refractivity contribution in [3.8, 4) is 0 Å². The smallest absolute Gasteiger partial charge is 0.379 e. The van der Waals surface area contributed by atoms with E-state index < -0.39 is 17.5 Å². The Kier molecular flexibility index (Phi) is 4.32. The average Bonchev–Trinajstić information content (AvgIpc) is 2.21. The molecule has 0 aromatic heterocycles. The fourth-order valence-corrected chi connectivity index (χ4v) is 2.49. The number of thioether (sulfide) groups is 1. The maximum absolute atomic E-state index is 13.1. The largest absolute Gasteiger partial charge is 0.477 e. The van der Waals surface area contributed by atoms with E-state index in [1.54, 1.807) is 0 Å². The summed E-state index contributed by atoms with van der Waals surface area (Å²) in [5.74, 6) is -5.18. The second kappa shape index (κ2) is 5.14. The Morgan fingerprint density at radius 2 is 2.19 bits per heavy atom. The highest BCUT2D eigenvalue weighted by molar-refractivity contribution is 9.10. The fourth-order valence-electron chi connectivity index (χ4n) is 1.09. The molecule has 0 bridgehead atoms. The molecule has 1 aromatic carbocycles. The number of alkyl halides is 2. The molecule has 0 saturated heterocycles. The SMILES string of the molecule is CCSc1ccc(C(F)(F)C(=O)O)cc1Br. The van der Waals surface area contributed by atoms with E-state index in [-0.39, 0.29) is 0 Å². The van der Waals surface area contributed by atoms with Crippen LogP contribution in [-0.4, -0.2) is 16.8 Å². The van der Waals surface area contributed by atoms with Crippen LogP contribution in [0, 0.1) is 0 Å². The van der Waals surface area contributed by atoms with Gasteiger partial charge in [-0.2, -0.15) is 8.78 Å². The van der Waals surface area contributed by atoms with Gasteiger partial charge >= 0.3 is 11.9 Å². The lowest BCUT2D eigenvalue weighted by molar-refractivity contribution is -0.166. The van der Waals surface area contributed by atoms with Gasteiger partial charge in [-0.3, -0.25) is 0 Å². The number of hydrogen-bond donors (Lipinski definition) is 1. The normalized spacial score (nSPS) is 11.5. The van der Waals surface area contributed by atoms with Crippen LogP contribution in [0.3, 0.4) is 0 Å². The molecule has 0 radical (unpaired) electrons. The first-order chi connectivity index (χ1) is 7.39. The van der Waals surface area contributed by atoms with Crippen LogP contribution in [0.5, 0.6) is 0 Å². The van der Waals surface area contributed by atoms with Crippen molar-refractivity contribution in [3.05, 3.63) is 28.2 Å². The van der Waals surface area contributed by atoms with Gasteiger partial charge < -0.3 is 5.11 Å². The molecule has 6 heteroatoms. The summed E-state index contributed by atoms with van der Waals surface area (Å²) in [5, 5.41) is 8.39. The molecular formula is C10H9BrF2O2S. The second-order valence-corrected chi connectivity index (χ2v) is 5.12. The van der Waals surface area contributed by atoms with Crippen molar-refractivity contribution in [1.29, 1.82) is 0 Å². The number of carbonyl (C=O) groups is 1. The molecule has 2 nitrogen and oxygen atoms in total. The second-order valence-electron chi connectivity index (χ2n) is 2.96. The topological polar surface area (TPSA) is 37.3 Å². The molecule has 0 amide bonds. The van der Waals surface area contributed by atoms with Crippen molar-refractivity contribution in [2.45, 2.75) is 17.7 Å². The average molecular weight is 311 g/mol. The van der Waals surface area contributed by atoms with Crippen molar-refractivity contribution >= 4 is 33.7 Å². The lowest BCUT2D eigenvalue weighted by atomic mass is 10.1. The van der Waals surface area contributed by atoms with Gasteiger partial charge in [-0.1, -0.05) is 13.0 Å². The lowest BCUT2D eigenvalue weighted by Crippen LogP contribution is -2.25. The van der Waals surface area contributed by atoms with Gasteiger partial charge in [0.05, 0.1) is 0 Å². The third-order valence-corrected chi connectivity index (χ3v) is 3.74. The maximum atomic E-state index is 13.1. The number of rotatable bonds is 4. The van der Waals surface area contributed by atoms with Crippen LogP contribution in [0.2, 0.25) is 0 Å². The van der Waals surface area contributed by atoms with E-state index in [1.807, 2.05) is 6.92 Å². The molecule has 0 aliphatic heterocycles. The van der Waals surface area contributed by atoms with Crippen molar-refractivity contribution < 1.29 is 18.7 Å².